The second kappa shape index (κ2) is 3.85. The summed E-state index contributed by atoms with van der Waals surface area (Å²) in [6.45, 7) is 4.16. The predicted molar refractivity (Wildman–Crippen MR) is 52.7 cm³/mol. The minimum Gasteiger partial charge on any atom is -0.349 e. The zero-order valence-corrected chi connectivity index (χ0v) is 8.52. The summed E-state index contributed by atoms with van der Waals surface area (Å²) in [6.07, 6.45) is 0. The average molecular weight is 199 g/mol. The minimum absolute atomic E-state index is 0.167. The smallest absolute Gasteiger partial charge is 0.270 e. The number of aromatic nitrogens is 1. The van der Waals surface area contributed by atoms with Crippen molar-refractivity contribution in [3.05, 3.63) is 16.6 Å². The van der Waals surface area contributed by atoms with Gasteiger partial charge in [0.1, 0.15) is 5.69 Å². The second-order valence-corrected chi connectivity index (χ2v) is 4.26. The molecule has 0 fully saturated rings. The monoisotopic (exact) mass is 199 g/mol. The van der Waals surface area contributed by atoms with Crippen LogP contribution in [0.25, 0.3) is 0 Å². The molecule has 5 heteroatoms. The van der Waals surface area contributed by atoms with E-state index >= 15 is 0 Å². The van der Waals surface area contributed by atoms with Crippen LogP contribution in [-0.2, 0) is 0 Å². The highest BCUT2D eigenvalue weighted by Crippen LogP contribution is 2.01. The van der Waals surface area contributed by atoms with Crippen molar-refractivity contribution in [3.63, 3.8) is 0 Å². The van der Waals surface area contributed by atoms with Crippen LogP contribution in [0.1, 0.15) is 24.3 Å². The van der Waals surface area contributed by atoms with Crippen LogP contribution in [0, 0.1) is 0 Å². The highest BCUT2D eigenvalue weighted by molar-refractivity contribution is 7.07. The number of rotatable bonds is 3. The van der Waals surface area contributed by atoms with E-state index in [4.69, 9.17) is 5.73 Å². The van der Waals surface area contributed by atoms with Gasteiger partial charge in [-0.25, -0.2) is 4.98 Å². The Morgan fingerprint density at radius 1 is 1.77 bits per heavy atom. The highest BCUT2D eigenvalue weighted by atomic mass is 32.1. The van der Waals surface area contributed by atoms with Gasteiger partial charge in [-0.15, -0.1) is 11.3 Å². The van der Waals surface area contributed by atoms with Crippen LogP contribution in [-0.4, -0.2) is 23.0 Å². The summed E-state index contributed by atoms with van der Waals surface area (Å²) < 4.78 is 0. The summed E-state index contributed by atoms with van der Waals surface area (Å²) >= 11 is 1.40. The van der Waals surface area contributed by atoms with Gasteiger partial charge in [0.15, 0.2) is 0 Å². The molecule has 72 valence electrons. The van der Waals surface area contributed by atoms with Gasteiger partial charge in [-0.3, -0.25) is 4.79 Å². The molecule has 0 saturated carbocycles. The molecule has 3 N–H and O–H groups in total. The largest absolute Gasteiger partial charge is 0.349 e. The Balaban J connectivity index is 2.44. The van der Waals surface area contributed by atoms with Crippen molar-refractivity contribution in [3.8, 4) is 0 Å². The van der Waals surface area contributed by atoms with E-state index in [-0.39, 0.29) is 11.4 Å². The first-order chi connectivity index (χ1) is 5.99. The van der Waals surface area contributed by atoms with Gasteiger partial charge in [-0.2, -0.15) is 0 Å². The second-order valence-electron chi connectivity index (χ2n) is 3.54. The normalized spacial score (nSPS) is 11.3. The van der Waals surface area contributed by atoms with Gasteiger partial charge in [-0.1, -0.05) is 0 Å². The molecular formula is C8H13N3OS. The molecule has 1 amide bonds. The summed E-state index contributed by atoms with van der Waals surface area (Å²) in [5.41, 5.74) is 7.40. The van der Waals surface area contributed by atoms with Gasteiger partial charge >= 0.3 is 0 Å². The molecule has 0 saturated heterocycles. The summed E-state index contributed by atoms with van der Waals surface area (Å²) in [4.78, 5) is 15.2. The number of nitrogens with one attached hydrogen (secondary N) is 1. The predicted octanol–water partition coefficient (Wildman–Crippen LogP) is 0.610. The number of thiazole rings is 1. The number of hydrogen-bond acceptors (Lipinski definition) is 4. The number of carbonyl (C=O) groups is 1. The third kappa shape index (κ3) is 3.52. The Kier molecular flexibility index (Phi) is 3.00. The molecule has 0 aliphatic carbocycles. The molecule has 0 aromatic carbocycles. The maximum Gasteiger partial charge on any atom is 0.270 e. The van der Waals surface area contributed by atoms with E-state index in [0.29, 0.717) is 12.2 Å². The molecule has 1 rings (SSSR count). The Morgan fingerprint density at radius 3 is 2.92 bits per heavy atom. The SMILES string of the molecule is CC(C)(N)CNC(=O)c1cscn1. The fourth-order valence-electron chi connectivity index (χ4n) is 0.723. The lowest BCUT2D eigenvalue weighted by atomic mass is 10.1. The molecule has 0 radical (unpaired) electrons. The third-order valence-electron chi connectivity index (χ3n) is 1.37. The Morgan fingerprint density at radius 2 is 2.46 bits per heavy atom. The van der Waals surface area contributed by atoms with E-state index in [0.717, 1.165) is 0 Å². The Bertz CT molecular complexity index is 276. The van der Waals surface area contributed by atoms with Crippen molar-refractivity contribution in [1.82, 2.24) is 10.3 Å². The lowest BCUT2D eigenvalue weighted by Crippen LogP contribution is -2.45. The quantitative estimate of drug-likeness (QED) is 0.749. The van der Waals surface area contributed by atoms with Crippen LogP contribution in [0.5, 0.6) is 0 Å². The van der Waals surface area contributed by atoms with Gasteiger partial charge < -0.3 is 11.1 Å². The van der Waals surface area contributed by atoms with E-state index < -0.39 is 0 Å². The van der Waals surface area contributed by atoms with Gasteiger partial charge in [0.05, 0.1) is 5.51 Å². The molecule has 1 heterocycles. The van der Waals surface area contributed by atoms with E-state index in [9.17, 15) is 4.79 Å². The maximum absolute atomic E-state index is 11.3. The first kappa shape index (κ1) is 10.1. The van der Waals surface area contributed by atoms with Crippen molar-refractivity contribution in [2.45, 2.75) is 19.4 Å². The molecule has 1 aromatic rings. The fourth-order valence-corrected chi connectivity index (χ4v) is 1.26. The van der Waals surface area contributed by atoms with E-state index in [2.05, 4.69) is 10.3 Å². The molecule has 13 heavy (non-hydrogen) atoms. The van der Waals surface area contributed by atoms with Crippen molar-refractivity contribution in [2.24, 2.45) is 5.73 Å². The van der Waals surface area contributed by atoms with Crippen LogP contribution >= 0.6 is 11.3 Å². The van der Waals surface area contributed by atoms with Crippen LogP contribution in [0.3, 0.4) is 0 Å². The minimum atomic E-state index is -0.383. The van der Waals surface area contributed by atoms with Crippen LogP contribution in [0.2, 0.25) is 0 Å². The number of amides is 1. The standard InChI is InChI=1S/C8H13N3OS/c1-8(2,9)4-10-7(12)6-3-13-5-11-6/h3,5H,4,9H2,1-2H3,(H,10,12). The number of hydrogen-bond donors (Lipinski definition) is 2. The average Bonchev–Trinajstić information content (AvgIpc) is 2.50. The van der Waals surface area contributed by atoms with Crippen LogP contribution in [0.4, 0.5) is 0 Å². The van der Waals surface area contributed by atoms with Crippen molar-refractivity contribution in [2.75, 3.05) is 6.54 Å². The summed E-state index contributed by atoms with van der Waals surface area (Å²) in [5, 5.41) is 4.41. The first-order valence-corrected chi connectivity index (χ1v) is 4.88. The van der Waals surface area contributed by atoms with Crippen molar-refractivity contribution in [1.29, 1.82) is 0 Å². The number of nitrogens with two attached hydrogens (primary N) is 1. The van der Waals surface area contributed by atoms with Gasteiger partial charge in [0.25, 0.3) is 5.91 Å². The zero-order valence-electron chi connectivity index (χ0n) is 7.70. The molecule has 0 unspecified atom stereocenters. The van der Waals surface area contributed by atoms with Crippen molar-refractivity contribution < 1.29 is 4.79 Å². The van der Waals surface area contributed by atoms with E-state index in [1.165, 1.54) is 11.3 Å². The first-order valence-electron chi connectivity index (χ1n) is 3.94. The molecule has 1 aromatic heterocycles. The maximum atomic E-state index is 11.3. The zero-order chi connectivity index (χ0) is 9.90. The summed E-state index contributed by atoms with van der Waals surface area (Å²) in [5.74, 6) is -0.167. The Labute approximate surface area is 81.2 Å². The van der Waals surface area contributed by atoms with Crippen LogP contribution < -0.4 is 11.1 Å². The van der Waals surface area contributed by atoms with Gasteiger partial charge in [0, 0.05) is 17.5 Å². The molecule has 0 bridgehead atoms. The highest BCUT2D eigenvalue weighted by Gasteiger charge is 2.13. The molecule has 0 atom stereocenters. The fraction of sp³-hybridized carbons (Fsp3) is 0.500. The Hall–Kier alpha value is -0.940. The molecule has 4 nitrogen and oxygen atoms in total. The molecular weight excluding hydrogens is 186 g/mol. The summed E-state index contributed by atoms with van der Waals surface area (Å²) in [7, 11) is 0. The molecule has 0 aliphatic rings. The van der Waals surface area contributed by atoms with E-state index in [1.54, 1.807) is 10.9 Å². The lowest BCUT2D eigenvalue weighted by Gasteiger charge is -2.18. The van der Waals surface area contributed by atoms with Crippen LogP contribution in [0.15, 0.2) is 10.9 Å². The van der Waals surface area contributed by atoms with Crippen molar-refractivity contribution >= 4 is 17.2 Å². The lowest BCUT2D eigenvalue weighted by molar-refractivity contribution is 0.0942. The molecule has 0 aliphatic heterocycles. The van der Waals surface area contributed by atoms with E-state index in [1.807, 2.05) is 13.8 Å². The third-order valence-corrected chi connectivity index (χ3v) is 1.96. The number of carbonyl (C=O) groups excluding carboxylic acids is 1. The number of nitrogens with zero attached hydrogens (tertiary/aromatic N) is 1. The van der Waals surface area contributed by atoms with Gasteiger partial charge in [-0.05, 0) is 13.8 Å². The van der Waals surface area contributed by atoms with Gasteiger partial charge in [0.2, 0.25) is 0 Å². The molecule has 0 spiro atoms. The topological polar surface area (TPSA) is 68.0 Å². The summed E-state index contributed by atoms with van der Waals surface area (Å²) in [6, 6.07) is 0.